The highest BCUT2D eigenvalue weighted by Crippen LogP contribution is 2.20. The topological polar surface area (TPSA) is 79.0 Å². The average Bonchev–Trinajstić information content (AvgIpc) is 2.78. The molecule has 0 atom stereocenters. The minimum Gasteiger partial charge on any atom is -0.497 e. The summed E-state index contributed by atoms with van der Waals surface area (Å²) in [7, 11) is -0.241. The molecule has 1 saturated heterocycles. The third kappa shape index (κ3) is 6.53. The third-order valence-electron chi connectivity index (χ3n) is 5.59. The minimum absolute atomic E-state index is 0.0864. The Bertz CT molecular complexity index is 941. The summed E-state index contributed by atoms with van der Waals surface area (Å²) in [5, 5.41) is 3.02. The van der Waals surface area contributed by atoms with Crippen molar-refractivity contribution in [2.75, 3.05) is 40.3 Å². The SMILES string of the molecule is COc1ccc(S(=O)(=O)N(CCc2ccccc2)CC(=O)NC2CCN(C)CC2)cc1. The van der Waals surface area contributed by atoms with Gasteiger partial charge in [0.2, 0.25) is 15.9 Å². The molecule has 1 heterocycles. The molecule has 0 aromatic heterocycles. The highest BCUT2D eigenvalue weighted by atomic mass is 32.2. The third-order valence-corrected chi connectivity index (χ3v) is 7.45. The van der Waals surface area contributed by atoms with Gasteiger partial charge in [-0.05, 0) is 69.2 Å². The first-order valence-corrected chi connectivity index (χ1v) is 12.0. The predicted octanol–water partition coefficient (Wildman–Crippen LogP) is 2.14. The number of sulfonamides is 1. The van der Waals surface area contributed by atoms with Crippen molar-refractivity contribution in [3.8, 4) is 5.75 Å². The maximum atomic E-state index is 13.3. The Morgan fingerprint density at radius 2 is 1.74 bits per heavy atom. The summed E-state index contributed by atoms with van der Waals surface area (Å²) in [4.78, 5) is 15.1. The Labute approximate surface area is 185 Å². The number of hydrogen-bond donors (Lipinski definition) is 1. The van der Waals surface area contributed by atoms with Crippen molar-refractivity contribution >= 4 is 15.9 Å². The van der Waals surface area contributed by atoms with Crippen LogP contribution in [0.5, 0.6) is 5.75 Å². The number of carbonyl (C=O) groups is 1. The van der Waals surface area contributed by atoms with E-state index < -0.39 is 10.0 Å². The van der Waals surface area contributed by atoms with Crippen LogP contribution in [-0.2, 0) is 21.2 Å². The zero-order chi connectivity index (χ0) is 22.3. The standard InChI is InChI=1S/C23H31N3O4S/c1-25-15-13-20(14-16-25)24-23(27)18-26(17-12-19-6-4-3-5-7-19)31(28,29)22-10-8-21(30-2)9-11-22/h3-11,20H,12-18H2,1-2H3,(H,24,27). The van der Waals surface area contributed by atoms with E-state index in [1.165, 1.54) is 23.5 Å². The lowest BCUT2D eigenvalue weighted by molar-refractivity contribution is -0.122. The fourth-order valence-electron chi connectivity index (χ4n) is 3.67. The molecule has 3 rings (SSSR count). The van der Waals surface area contributed by atoms with E-state index in [9.17, 15) is 13.2 Å². The minimum atomic E-state index is -3.83. The summed E-state index contributed by atoms with van der Waals surface area (Å²) in [5.74, 6) is 0.314. The number of amides is 1. The van der Waals surface area contributed by atoms with Gasteiger partial charge < -0.3 is 15.0 Å². The van der Waals surface area contributed by atoms with E-state index in [0.29, 0.717) is 12.2 Å². The van der Waals surface area contributed by atoms with Crippen LogP contribution in [0.2, 0.25) is 0 Å². The van der Waals surface area contributed by atoms with Crippen LogP contribution < -0.4 is 10.1 Å². The molecule has 0 aliphatic carbocycles. The van der Waals surface area contributed by atoms with Gasteiger partial charge in [0.1, 0.15) is 5.75 Å². The number of nitrogens with one attached hydrogen (secondary N) is 1. The van der Waals surface area contributed by atoms with E-state index in [2.05, 4.69) is 17.3 Å². The number of piperidine rings is 1. The fourth-order valence-corrected chi connectivity index (χ4v) is 5.06. The molecule has 1 fully saturated rings. The van der Waals surface area contributed by atoms with Gasteiger partial charge in [0, 0.05) is 12.6 Å². The zero-order valence-electron chi connectivity index (χ0n) is 18.2. The monoisotopic (exact) mass is 445 g/mol. The van der Waals surface area contributed by atoms with Gasteiger partial charge in [-0.2, -0.15) is 4.31 Å². The van der Waals surface area contributed by atoms with Crippen LogP contribution in [0, 0.1) is 0 Å². The second-order valence-electron chi connectivity index (χ2n) is 7.89. The molecule has 31 heavy (non-hydrogen) atoms. The van der Waals surface area contributed by atoms with Crippen molar-refractivity contribution in [3.63, 3.8) is 0 Å². The molecule has 1 aliphatic heterocycles. The Morgan fingerprint density at radius 3 is 2.35 bits per heavy atom. The second kappa shape index (κ2) is 10.7. The average molecular weight is 446 g/mol. The first-order chi connectivity index (χ1) is 14.9. The number of nitrogens with zero attached hydrogens (tertiary/aromatic N) is 2. The van der Waals surface area contributed by atoms with Gasteiger partial charge >= 0.3 is 0 Å². The second-order valence-corrected chi connectivity index (χ2v) is 9.83. The molecule has 0 bridgehead atoms. The zero-order valence-corrected chi connectivity index (χ0v) is 19.0. The predicted molar refractivity (Wildman–Crippen MR) is 121 cm³/mol. The van der Waals surface area contributed by atoms with E-state index >= 15 is 0 Å². The molecule has 2 aromatic rings. The largest absolute Gasteiger partial charge is 0.497 e. The molecule has 1 N–H and O–H groups in total. The maximum absolute atomic E-state index is 13.3. The molecule has 7 nitrogen and oxygen atoms in total. The lowest BCUT2D eigenvalue weighted by atomic mass is 10.1. The van der Waals surface area contributed by atoms with E-state index in [4.69, 9.17) is 4.74 Å². The van der Waals surface area contributed by atoms with Gasteiger partial charge in [-0.1, -0.05) is 30.3 Å². The van der Waals surface area contributed by atoms with Gasteiger partial charge in [-0.15, -0.1) is 0 Å². The Hall–Kier alpha value is -2.42. The molecular weight excluding hydrogens is 414 g/mol. The van der Waals surface area contributed by atoms with Gasteiger partial charge in [-0.3, -0.25) is 4.79 Å². The van der Waals surface area contributed by atoms with Crippen molar-refractivity contribution in [2.24, 2.45) is 0 Å². The smallest absolute Gasteiger partial charge is 0.243 e. The van der Waals surface area contributed by atoms with Gasteiger partial charge in [-0.25, -0.2) is 8.42 Å². The van der Waals surface area contributed by atoms with Crippen LogP contribution in [0.3, 0.4) is 0 Å². The van der Waals surface area contributed by atoms with Crippen LogP contribution in [0.25, 0.3) is 0 Å². The fraction of sp³-hybridized carbons (Fsp3) is 0.435. The summed E-state index contributed by atoms with van der Waals surface area (Å²) in [6, 6.07) is 16.0. The molecule has 0 spiro atoms. The quantitative estimate of drug-likeness (QED) is 0.640. The van der Waals surface area contributed by atoms with Crippen molar-refractivity contribution in [2.45, 2.75) is 30.2 Å². The highest BCUT2D eigenvalue weighted by Gasteiger charge is 2.28. The summed E-state index contributed by atoms with van der Waals surface area (Å²) in [6.07, 6.45) is 2.27. The molecule has 0 unspecified atom stereocenters. The summed E-state index contributed by atoms with van der Waals surface area (Å²) < 4.78 is 33.0. The van der Waals surface area contributed by atoms with E-state index in [1.807, 2.05) is 30.3 Å². The van der Waals surface area contributed by atoms with E-state index in [1.54, 1.807) is 12.1 Å². The van der Waals surface area contributed by atoms with Crippen LogP contribution >= 0.6 is 0 Å². The molecular formula is C23H31N3O4S. The lowest BCUT2D eigenvalue weighted by Gasteiger charge is -2.30. The number of ether oxygens (including phenoxy) is 1. The van der Waals surface area contributed by atoms with Crippen molar-refractivity contribution in [1.29, 1.82) is 0 Å². The van der Waals surface area contributed by atoms with Gasteiger partial charge in [0.25, 0.3) is 0 Å². The maximum Gasteiger partial charge on any atom is 0.243 e. The Morgan fingerprint density at radius 1 is 1.10 bits per heavy atom. The van der Waals surface area contributed by atoms with E-state index in [0.717, 1.165) is 31.5 Å². The number of hydrogen-bond acceptors (Lipinski definition) is 5. The summed E-state index contributed by atoms with van der Waals surface area (Å²) in [6.45, 7) is 1.87. The molecule has 168 valence electrons. The van der Waals surface area contributed by atoms with Gasteiger partial charge in [0.15, 0.2) is 0 Å². The summed E-state index contributed by atoms with van der Waals surface area (Å²) >= 11 is 0. The van der Waals surface area contributed by atoms with Gasteiger partial charge in [0.05, 0.1) is 18.6 Å². The normalized spacial score (nSPS) is 15.7. The molecule has 8 heteroatoms. The number of likely N-dealkylation sites (tertiary alicyclic amines) is 1. The Kier molecular flexibility index (Phi) is 8.06. The number of methoxy groups -OCH3 is 1. The van der Waals surface area contributed by atoms with Crippen molar-refractivity contribution in [1.82, 2.24) is 14.5 Å². The molecule has 1 amide bonds. The molecule has 0 saturated carbocycles. The van der Waals surface area contributed by atoms with Crippen molar-refractivity contribution < 1.29 is 17.9 Å². The first-order valence-electron chi connectivity index (χ1n) is 10.5. The first kappa shape index (κ1) is 23.2. The molecule has 0 radical (unpaired) electrons. The highest BCUT2D eigenvalue weighted by molar-refractivity contribution is 7.89. The van der Waals surface area contributed by atoms with Crippen LogP contribution in [0.4, 0.5) is 0 Å². The lowest BCUT2D eigenvalue weighted by Crippen LogP contribution is -2.48. The van der Waals surface area contributed by atoms with Crippen LogP contribution in [0.1, 0.15) is 18.4 Å². The Balaban J connectivity index is 1.73. The summed E-state index contributed by atoms with van der Waals surface area (Å²) in [5.41, 5.74) is 1.02. The molecule has 2 aromatic carbocycles. The molecule has 1 aliphatic rings. The van der Waals surface area contributed by atoms with Crippen LogP contribution in [-0.4, -0.2) is 69.9 Å². The van der Waals surface area contributed by atoms with E-state index in [-0.39, 0.29) is 29.9 Å². The van der Waals surface area contributed by atoms with Crippen molar-refractivity contribution in [3.05, 3.63) is 60.2 Å². The number of carbonyl (C=O) groups excluding carboxylic acids is 1. The van der Waals surface area contributed by atoms with Crippen LogP contribution in [0.15, 0.2) is 59.5 Å². The number of benzene rings is 2. The number of rotatable bonds is 9.